The maximum atomic E-state index is 12.4. The number of nitrogens with zero attached hydrogens (tertiary/aromatic N) is 4. The molecule has 9 nitrogen and oxygen atoms in total. The van der Waals surface area contributed by atoms with Gasteiger partial charge in [0, 0.05) is 36.8 Å². The molecule has 0 saturated carbocycles. The molecule has 0 bridgehead atoms. The Hall–Kier alpha value is -2.75. The Kier molecular flexibility index (Phi) is 5.08. The van der Waals surface area contributed by atoms with Crippen LogP contribution in [0.2, 0.25) is 0 Å². The summed E-state index contributed by atoms with van der Waals surface area (Å²) in [5.41, 5.74) is 6.30. The van der Waals surface area contributed by atoms with Gasteiger partial charge in [0.15, 0.2) is 0 Å². The van der Waals surface area contributed by atoms with Gasteiger partial charge in [0.25, 0.3) is 5.91 Å². The van der Waals surface area contributed by atoms with Crippen molar-refractivity contribution < 1.29 is 14.2 Å². The van der Waals surface area contributed by atoms with Gasteiger partial charge in [-0.25, -0.2) is 9.42 Å². The third-order valence-corrected chi connectivity index (χ3v) is 4.62. The van der Waals surface area contributed by atoms with Gasteiger partial charge in [-0.05, 0) is 34.8 Å². The maximum absolute atomic E-state index is 12.4. The van der Waals surface area contributed by atoms with Crippen molar-refractivity contribution in [2.75, 3.05) is 43.5 Å². The number of anilines is 2. The number of nitrogen functional groups attached to an aromatic ring is 1. The summed E-state index contributed by atoms with van der Waals surface area (Å²) in [7, 11) is 0. The normalized spacial score (nSPS) is 14.4. The van der Waals surface area contributed by atoms with E-state index in [0.29, 0.717) is 26.2 Å². The topological polar surface area (TPSA) is 118 Å². The highest BCUT2D eigenvalue weighted by molar-refractivity contribution is 7.98. The monoisotopic (exact) mass is 362 g/mol. The van der Waals surface area contributed by atoms with Crippen LogP contribution in [0.3, 0.4) is 0 Å². The van der Waals surface area contributed by atoms with Crippen molar-refractivity contribution in [3.63, 3.8) is 0 Å². The first-order valence-corrected chi connectivity index (χ1v) is 8.88. The summed E-state index contributed by atoms with van der Waals surface area (Å²) in [4.78, 5) is 29.0. The number of aromatic nitrogens is 2. The Labute approximate surface area is 148 Å². The quantitative estimate of drug-likeness (QED) is 0.792. The summed E-state index contributed by atoms with van der Waals surface area (Å²) < 4.78 is 4.45. The highest BCUT2D eigenvalue weighted by Gasteiger charge is 2.28. The van der Waals surface area contributed by atoms with E-state index < -0.39 is 0 Å². The number of hydrogen-bond acceptors (Lipinski definition) is 7. The molecule has 3 amide bonds. The number of thioether (sulfide) groups is 1. The van der Waals surface area contributed by atoms with E-state index in [0.717, 1.165) is 10.6 Å². The first-order chi connectivity index (χ1) is 12.1. The van der Waals surface area contributed by atoms with E-state index >= 15 is 0 Å². The predicted octanol–water partition coefficient (Wildman–Crippen LogP) is 1.36. The van der Waals surface area contributed by atoms with E-state index in [-0.39, 0.29) is 23.5 Å². The van der Waals surface area contributed by atoms with Crippen LogP contribution in [0.15, 0.2) is 33.8 Å². The van der Waals surface area contributed by atoms with Crippen LogP contribution in [0.1, 0.15) is 10.5 Å². The Morgan fingerprint density at radius 1 is 1.20 bits per heavy atom. The van der Waals surface area contributed by atoms with Gasteiger partial charge in [-0.1, -0.05) is 6.07 Å². The largest absolute Gasteiger partial charge is 0.379 e. The molecule has 1 aliphatic rings. The number of hydrogen-bond donors (Lipinski definition) is 2. The second-order valence-corrected chi connectivity index (χ2v) is 6.32. The number of urea groups is 1. The molecule has 1 aliphatic heterocycles. The van der Waals surface area contributed by atoms with Crippen molar-refractivity contribution >= 4 is 35.2 Å². The zero-order valence-electron chi connectivity index (χ0n) is 13.6. The van der Waals surface area contributed by atoms with Crippen LogP contribution in [-0.4, -0.2) is 64.5 Å². The molecule has 0 aliphatic carbocycles. The highest BCUT2D eigenvalue weighted by atomic mass is 32.2. The number of carbonyl (C=O) groups is 2. The van der Waals surface area contributed by atoms with Gasteiger partial charge in [-0.15, -0.1) is 11.8 Å². The highest BCUT2D eigenvalue weighted by Crippen LogP contribution is 2.19. The third-order valence-electron chi connectivity index (χ3n) is 3.89. The third kappa shape index (κ3) is 3.85. The van der Waals surface area contributed by atoms with Crippen molar-refractivity contribution in [1.82, 2.24) is 20.1 Å². The van der Waals surface area contributed by atoms with Crippen LogP contribution >= 0.6 is 11.8 Å². The lowest BCUT2D eigenvalue weighted by Gasteiger charge is -2.34. The molecule has 3 N–H and O–H groups in total. The molecule has 10 heteroatoms. The minimum atomic E-state index is -0.341. The number of amides is 3. The lowest BCUT2D eigenvalue weighted by Crippen LogP contribution is -2.51. The first-order valence-electron chi connectivity index (χ1n) is 7.66. The number of rotatable bonds is 3. The number of piperazine rings is 1. The van der Waals surface area contributed by atoms with Crippen molar-refractivity contribution in [2.45, 2.75) is 4.90 Å². The number of nitrogens with two attached hydrogens (primary N) is 1. The maximum Gasteiger partial charge on any atom is 0.321 e. The average molecular weight is 362 g/mol. The summed E-state index contributed by atoms with van der Waals surface area (Å²) in [6.45, 7) is 1.63. The lowest BCUT2D eigenvalue weighted by molar-refractivity contribution is 0.0661. The molecule has 132 valence electrons. The fourth-order valence-corrected chi connectivity index (χ4v) is 2.97. The van der Waals surface area contributed by atoms with Crippen molar-refractivity contribution in [1.29, 1.82) is 0 Å². The van der Waals surface area contributed by atoms with Crippen LogP contribution < -0.4 is 11.1 Å². The summed E-state index contributed by atoms with van der Waals surface area (Å²) in [5, 5.41) is 9.80. The molecule has 1 saturated heterocycles. The predicted molar refractivity (Wildman–Crippen MR) is 93.4 cm³/mol. The zero-order valence-corrected chi connectivity index (χ0v) is 14.5. The van der Waals surface area contributed by atoms with Crippen LogP contribution in [-0.2, 0) is 0 Å². The van der Waals surface area contributed by atoms with Crippen LogP contribution in [0.5, 0.6) is 0 Å². The summed E-state index contributed by atoms with van der Waals surface area (Å²) in [5.74, 6) is -0.370. The van der Waals surface area contributed by atoms with E-state index in [1.54, 1.807) is 21.6 Å². The number of carbonyl (C=O) groups excluding carboxylic acids is 2. The molecule has 25 heavy (non-hydrogen) atoms. The molecule has 1 aromatic carbocycles. The summed E-state index contributed by atoms with van der Waals surface area (Å²) >= 11 is 1.61. The zero-order chi connectivity index (χ0) is 17.8. The molecule has 1 fully saturated rings. The van der Waals surface area contributed by atoms with E-state index in [1.165, 1.54) is 0 Å². The fourth-order valence-electron chi connectivity index (χ4n) is 2.51. The van der Waals surface area contributed by atoms with Crippen molar-refractivity contribution in [3.8, 4) is 0 Å². The summed E-state index contributed by atoms with van der Waals surface area (Å²) in [6, 6.07) is 7.46. The van der Waals surface area contributed by atoms with Crippen LogP contribution in [0, 0.1) is 0 Å². The van der Waals surface area contributed by atoms with E-state index in [4.69, 9.17) is 5.73 Å². The number of nitrogens with one attached hydrogen (secondary N) is 1. The Morgan fingerprint density at radius 2 is 1.92 bits per heavy atom. The second kappa shape index (κ2) is 7.43. The molecular weight excluding hydrogens is 344 g/mol. The molecule has 0 radical (unpaired) electrons. The molecule has 0 atom stereocenters. The van der Waals surface area contributed by atoms with E-state index in [9.17, 15) is 9.59 Å². The fraction of sp³-hybridized carbons (Fsp3) is 0.333. The summed E-state index contributed by atoms with van der Waals surface area (Å²) in [6.07, 6.45) is 1.98. The van der Waals surface area contributed by atoms with Crippen LogP contribution in [0.25, 0.3) is 0 Å². The van der Waals surface area contributed by atoms with E-state index in [1.807, 2.05) is 30.5 Å². The standard InChI is InChI=1S/C15H18N6O3S/c1-25-11-4-2-3-10(9-11)17-15(23)21-7-5-20(6-8-21)14(22)12-13(16)19-24-18-12/h2-4,9H,5-8H2,1H3,(H2,16,19)(H,17,23). The molecule has 1 aromatic heterocycles. The van der Waals surface area contributed by atoms with Gasteiger partial charge in [0.2, 0.25) is 11.5 Å². The van der Waals surface area contributed by atoms with Gasteiger partial charge >= 0.3 is 6.03 Å². The van der Waals surface area contributed by atoms with Gasteiger partial charge < -0.3 is 20.9 Å². The minimum absolute atomic E-state index is 0.00628. The average Bonchev–Trinajstić information content (AvgIpc) is 3.07. The molecule has 2 aromatic rings. The van der Waals surface area contributed by atoms with Gasteiger partial charge in [0.1, 0.15) is 0 Å². The van der Waals surface area contributed by atoms with Gasteiger partial charge in [-0.2, -0.15) is 0 Å². The van der Waals surface area contributed by atoms with Crippen LogP contribution in [0.4, 0.5) is 16.3 Å². The van der Waals surface area contributed by atoms with Gasteiger partial charge in [-0.3, -0.25) is 4.79 Å². The second-order valence-electron chi connectivity index (χ2n) is 5.44. The molecular formula is C15H18N6O3S. The Bertz CT molecular complexity index is 772. The van der Waals surface area contributed by atoms with Crippen molar-refractivity contribution in [3.05, 3.63) is 30.0 Å². The van der Waals surface area contributed by atoms with Crippen molar-refractivity contribution in [2.24, 2.45) is 0 Å². The lowest BCUT2D eigenvalue weighted by atomic mass is 10.2. The first kappa shape index (κ1) is 17.1. The number of benzene rings is 1. The molecule has 3 rings (SSSR count). The Morgan fingerprint density at radius 3 is 2.56 bits per heavy atom. The van der Waals surface area contributed by atoms with Gasteiger partial charge in [0.05, 0.1) is 0 Å². The molecule has 0 spiro atoms. The molecule has 2 heterocycles. The smallest absolute Gasteiger partial charge is 0.321 e. The Balaban J connectivity index is 1.55. The SMILES string of the molecule is CSc1cccc(NC(=O)N2CCN(C(=O)c3nonc3N)CC2)c1. The van der Waals surface area contributed by atoms with E-state index in [2.05, 4.69) is 20.3 Å². The molecule has 0 unspecified atom stereocenters. The minimum Gasteiger partial charge on any atom is -0.379 e.